The van der Waals surface area contributed by atoms with Gasteiger partial charge in [0.05, 0.1) is 0 Å². The molecule has 0 aromatic heterocycles. The molecule has 0 bridgehead atoms. The normalized spacial score (nSPS) is 0. The molecule has 6 heteroatoms. The van der Waals surface area contributed by atoms with Crippen molar-refractivity contribution in [1.82, 2.24) is 0 Å². The summed E-state index contributed by atoms with van der Waals surface area (Å²) in [6, 6.07) is 0. The van der Waals surface area contributed by atoms with Crippen LogP contribution in [0.1, 0.15) is 0 Å². The van der Waals surface area contributed by atoms with Crippen LogP contribution >= 0.6 is 0 Å². The Hall–Kier alpha value is 0.294. The third kappa shape index (κ3) is 541. The SMILES string of the molecule is [Ni+2].[OH-].[OH-].[OH-].[OH-].[OH4+2]. The Labute approximate surface area is 44.8 Å². The van der Waals surface area contributed by atoms with Crippen LogP contribution in [-0.2, 0) is 22.0 Å². The first-order valence-electron chi connectivity index (χ1n) is 0. The molecule has 0 unspecified atom stereocenters. The van der Waals surface area contributed by atoms with Gasteiger partial charge in [0.2, 0.25) is 0 Å². The summed E-state index contributed by atoms with van der Waals surface area (Å²) in [7, 11) is 0. The Morgan fingerprint density at radius 1 is 0.500 bits per heavy atom. The predicted molar refractivity (Wildman–Crippen MR) is 14.0 cm³/mol. The average molecular weight is 147 g/mol. The van der Waals surface area contributed by atoms with E-state index in [1.54, 1.807) is 0 Å². The standard InChI is InChI=1S/Ni.H4O.4H2O/h;1H4;4*1H2/q2*+2;;;;/p-4. The Morgan fingerprint density at radius 2 is 0.500 bits per heavy atom. The Bertz CT molecular complexity index is 3.90. The van der Waals surface area contributed by atoms with E-state index in [1.165, 1.54) is 0 Å². The molecule has 0 aromatic carbocycles. The van der Waals surface area contributed by atoms with Crippen LogP contribution in [0.3, 0.4) is 0 Å². The van der Waals surface area contributed by atoms with Crippen molar-refractivity contribution in [1.29, 1.82) is 0 Å². The van der Waals surface area contributed by atoms with Crippen molar-refractivity contribution in [2.75, 3.05) is 0 Å². The topological polar surface area (TPSA) is 154 Å². The quantitative estimate of drug-likeness (QED) is 0.366. The first-order valence-corrected chi connectivity index (χ1v) is 0. The molecule has 0 saturated heterocycles. The van der Waals surface area contributed by atoms with Crippen LogP contribution in [0.25, 0.3) is 0 Å². The van der Waals surface area contributed by atoms with E-state index in [1.807, 2.05) is 0 Å². The molecule has 6 heavy (non-hydrogen) atoms. The summed E-state index contributed by atoms with van der Waals surface area (Å²) in [5.74, 6) is 0. The van der Waals surface area contributed by atoms with Crippen molar-refractivity contribution in [3.05, 3.63) is 0 Å². The minimum absolute atomic E-state index is 0. The molecule has 0 aliphatic heterocycles. The second-order valence-corrected chi connectivity index (χ2v) is 0. The van der Waals surface area contributed by atoms with Crippen molar-refractivity contribution in [3.63, 3.8) is 0 Å². The molecule has 0 aliphatic carbocycles. The van der Waals surface area contributed by atoms with Gasteiger partial charge in [0.25, 0.3) is 0 Å². The zero-order valence-electron chi connectivity index (χ0n) is 2.81. The Balaban J connectivity index is 0. The maximum absolute atomic E-state index is 0. The van der Waals surface area contributed by atoms with Crippen LogP contribution in [0.4, 0.5) is 0 Å². The summed E-state index contributed by atoms with van der Waals surface area (Å²) in [5, 5.41) is 0. The maximum Gasteiger partial charge on any atom is 2.00 e. The molecule has 0 amide bonds. The van der Waals surface area contributed by atoms with Gasteiger partial charge in [0, 0.05) is 0 Å². The molecule has 0 aliphatic rings. The van der Waals surface area contributed by atoms with Gasteiger partial charge < -0.3 is 27.4 Å². The second kappa shape index (κ2) is 1130. The maximum atomic E-state index is 0. The molecule has 8 N–H and O–H groups in total. The van der Waals surface area contributed by atoms with Gasteiger partial charge in [-0.05, 0) is 0 Å². The molecule has 0 rings (SSSR count). The minimum atomic E-state index is 0. The van der Waals surface area contributed by atoms with Gasteiger partial charge in [-0.3, -0.25) is 0 Å². The fourth-order valence-electron chi connectivity index (χ4n) is 0. The van der Waals surface area contributed by atoms with Crippen LogP contribution < -0.4 is 0 Å². The van der Waals surface area contributed by atoms with E-state index in [-0.39, 0.29) is 43.9 Å². The molecule has 0 heterocycles. The molecular weight excluding hydrogens is 139 g/mol. The Morgan fingerprint density at radius 3 is 0.500 bits per heavy atom. The average Bonchev–Trinajstić information content (AvgIpc) is 0. The van der Waals surface area contributed by atoms with E-state index in [2.05, 4.69) is 0 Å². The minimum Gasteiger partial charge on any atom is -0.873 e. The molecular formula is H8NiO5. The van der Waals surface area contributed by atoms with Crippen LogP contribution in [0.2, 0.25) is 0 Å². The smallest absolute Gasteiger partial charge is 0.873 e. The van der Waals surface area contributed by atoms with Crippen molar-refractivity contribution in [2.45, 2.75) is 0 Å². The van der Waals surface area contributed by atoms with Gasteiger partial charge in [-0.2, -0.15) is 0 Å². The zero-order chi connectivity index (χ0) is 0. The largest absolute Gasteiger partial charge is 2.00 e. The fraction of sp³-hybridized carbons (Fsp3) is 0. The number of hydrogen-bond acceptors (Lipinski definition) is 4. The van der Waals surface area contributed by atoms with Gasteiger partial charge in [0.1, 0.15) is 0 Å². The third-order valence-electron chi connectivity index (χ3n) is 0. The molecule has 5 nitrogen and oxygen atoms in total. The van der Waals surface area contributed by atoms with Crippen LogP contribution in [0.15, 0.2) is 0 Å². The van der Waals surface area contributed by atoms with E-state index in [9.17, 15) is 0 Å². The van der Waals surface area contributed by atoms with Crippen LogP contribution in [0, 0.1) is 0 Å². The summed E-state index contributed by atoms with van der Waals surface area (Å²) in [4.78, 5) is 0. The Kier molecular flexibility index (Phi) is 386000. The fourth-order valence-corrected chi connectivity index (χ4v) is 0. The monoisotopic (exact) mass is 146 g/mol. The zero-order valence-corrected chi connectivity index (χ0v) is 3.80. The predicted octanol–water partition coefficient (Wildman–Crippen LogP) is -1.90. The molecule has 0 fully saturated rings. The molecule has 0 spiro atoms. The van der Waals surface area contributed by atoms with Gasteiger partial charge in [-0.1, -0.05) is 0 Å². The first kappa shape index (κ1) is 2050. The van der Waals surface area contributed by atoms with E-state index >= 15 is 0 Å². The van der Waals surface area contributed by atoms with E-state index < -0.39 is 0 Å². The van der Waals surface area contributed by atoms with E-state index in [4.69, 9.17) is 0 Å². The molecule has 48 valence electrons. The van der Waals surface area contributed by atoms with Crippen LogP contribution in [0.5, 0.6) is 0 Å². The third-order valence-corrected chi connectivity index (χ3v) is 0. The van der Waals surface area contributed by atoms with Gasteiger partial charge in [-0.25, -0.2) is 0 Å². The van der Waals surface area contributed by atoms with Gasteiger partial charge in [-0.15, -0.1) is 0 Å². The summed E-state index contributed by atoms with van der Waals surface area (Å²) in [6.07, 6.45) is 0. The second-order valence-electron chi connectivity index (χ2n) is 0. The van der Waals surface area contributed by atoms with Crippen molar-refractivity contribution >= 4 is 0 Å². The number of hydrogen-bond donors (Lipinski definition) is 0. The van der Waals surface area contributed by atoms with Gasteiger partial charge in [0.15, 0.2) is 0 Å². The number of rotatable bonds is 0. The molecule has 0 saturated carbocycles. The summed E-state index contributed by atoms with van der Waals surface area (Å²) in [6.45, 7) is 0. The van der Waals surface area contributed by atoms with Crippen molar-refractivity contribution < 1.29 is 43.9 Å². The van der Waals surface area contributed by atoms with Crippen LogP contribution in [-0.4, -0.2) is 21.9 Å². The van der Waals surface area contributed by atoms with E-state index in [0.717, 1.165) is 0 Å². The van der Waals surface area contributed by atoms with E-state index in [0.29, 0.717) is 0 Å². The summed E-state index contributed by atoms with van der Waals surface area (Å²) >= 11 is 0. The molecule has 0 radical (unpaired) electrons. The molecule has 0 aromatic rings. The van der Waals surface area contributed by atoms with Crippen molar-refractivity contribution in [3.8, 4) is 0 Å². The van der Waals surface area contributed by atoms with Crippen molar-refractivity contribution in [2.24, 2.45) is 0 Å². The first-order chi connectivity index (χ1) is 0. The summed E-state index contributed by atoms with van der Waals surface area (Å²) < 4.78 is 0. The summed E-state index contributed by atoms with van der Waals surface area (Å²) in [5.41, 5.74) is 0. The molecule has 0 atom stereocenters. The van der Waals surface area contributed by atoms with Gasteiger partial charge >= 0.3 is 16.5 Å².